The molecule has 0 saturated heterocycles. The van der Waals surface area contributed by atoms with Gasteiger partial charge in [0.25, 0.3) is 15.9 Å². The van der Waals surface area contributed by atoms with Crippen molar-refractivity contribution in [2.24, 2.45) is 0 Å². The molecule has 0 fully saturated rings. The molecule has 0 spiro atoms. The van der Waals surface area contributed by atoms with Crippen molar-refractivity contribution in [1.82, 2.24) is 10.3 Å². The van der Waals surface area contributed by atoms with Crippen molar-refractivity contribution in [3.63, 3.8) is 0 Å². The molecule has 2 N–H and O–H groups in total. The number of aromatic nitrogens is 1. The summed E-state index contributed by atoms with van der Waals surface area (Å²) in [6, 6.07) is 11.1. The van der Waals surface area contributed by atoms with Crippen LogP contribution in [0.1, 0.15) is 20.9 Å². The maximum Gasteiger partial charge on any atom is 0.263 e. The van der Waals surface area contributed by atoms with E-state index >= 15 is 0 Å². The Hall–Kier alpha value is -2.85. The van der Waals surface area contributed by atoms with Gasteiger partial charge in [-0.25, -0.2) is 22.2 Å². The molecule has 3 rings (SSSR count). The molecule has 6 nitrogen and oxygen atoms in total. The number of rotatable bonds is 6. The van der Waals surface area contributed by atoms with E-state index in [1.165, 1.54) is 25.1 Å². The van der Waals surface area contributed by atoms with Crippen molar-refractivity contribution >= 4 is 32.4 Å². The Morgan fingerprint density at radius 1 is 1.07 bits per heavy atom. The summed E-state index contributed by atoms with van der Waals surface area (Å²) in [4.78, 5) is 16.6. The predicted molar refractivity (Wildman–Crippen MR) is 102 cm³/mol. The van der Waals surface area contributed by atoms with E-state index in [0.717, 1.165) is 23.5 Å². The normalized spacial score (nSPS) is 11.2. The van der Waals surface area contributed by atoms with Gasteiger partial charge in [-0.1, -0.05) is 35.6 Å². The van der Waals surface area contributed by atoms with Gasteiger partial charge in [0.2, 0.25) is 0 Å². The van der Waals surface area contributed by atoms with Crippen LogP contribution in [-0.2, 0) is 16.6 Å². The molecule has 0 atom stereocenters. The van der Waals surface area contributed by atoms with E-state index in [-0.39, 0.29) is 27.0 Å². The zero-order valence-electron chi connectivity index (χ0n) is 14.6. The first-order valence-corrected chi connectivity index (χ1v) is 10.3. The minimum atomic E-state index is -3.84. The summed E-state index contributed by atoms with van der Waals surface area (Å²) in [6.45, 7) is 1.19. The third-order valence-corrected chi connectivity index (χ3v) is 6.32. The standard InChI is InChI=1S/C18H15F2N3O3S2/c1-11-16(17(24)21-10-13-14(19)8-5-9-15(13)20)27-18(22-11)23-28(25,26)12-6-3-2-4-7-12/h2-9H,10H2,1H3,(H,21,24)(H,22,23). The maximum atomic E-state index is 13.7. The molecule has 0 bridgehead atoms. The predicted octanol–water partition coefficient (Wildman–Crippen LogP) is 3.46. The Morgan fingerprint density at radius 2 is 1.71 bits per heavy atom. The zero-order chi connectivity index (χ0) is 20.3. The number of carbonyl (C=O) groups excluding carboxylic acids is 1. The lowest BCUT2D eigenvalue weighted by Gasteiger charge is -2.06. The highest BCUT2D eigenvalue weighted by Gasteiger charge is 2.20. The first-order chi connectivity index (χ1) is 13.3. The van der Waals surface area contributed by atoms with Gasteiger partial charge < -0.3 is 5.32 Å². The van der Waals surface area contributed by atoms with Gasteiger partial charge in [-0.15, -0.1) is 0 Å². The molecule has 0 aliphatic carbocycles. The molecular formula is C18H15F2N3O3S2. The fraction of sp³-hybridized carbons (Fsp3) is 0.111. The molecule has 1 aromatic heterocycles. The van der Waals surface area contributed by atoms with E-state index in [0.29, 0.717) is 5.69 Å². The summed E-state index contributed by atoms with van der Waals surface area (Å²) in [6.07, 6.45) is 0. The van der Waals surface area contributed by atoms with Crippen LogP contribution in [0.3, 0.4) is 0 Å². The Balaban J connectivity index is 1.74. The third-order valence-electron chi connectivity index (χ3n) is 3.77. The summed E-state index contributed by atoms with van der Waals surface area (Å²) in [5.74, 6) is -2.14. The Morgan fingerprint density at radius 3 is 2.36 bits per heavy atom. The fourth-order valence-corrected chi connectivity index (χ4v) is 4.51. The van der Waals surface area contributed by atoms with E-state index in [1.54, 1.807) is 18.2 Å². The zero-order valence-corrected chi connectivity index (χ0v) is 16.2. The number of anilines is 1. The van der Waals surface area contributed by atoms with E-state index in [1.807, 2.05) is 0 Å². The van der Waals surface area contributed by atoms with Crippen LogP contribution < -0.4 is 10.0 Å². The molecule has 1 heterocycles. The van der Waals surface area contributed by atoms with E-state index < -0.39 is 27.6 Å². The number of amides is 1. The number of carbonyl (C=O) groups is 1. The van der Waals surface area contributed by atoms with Crippen LogP contribution in [0, 0.1) is 18.6 Å². The molecule has 10 heteroatoms. The number of hydrogen-bond donors (Lipinski definition) is 2. The third kappa shape index (κ3) is 4.34. The van der Waals surface area contributed by atoms with Crippen LogP contribution in [0.25, 0.3) is 0 Å². The fourth-order valence-electron chi connectivity index (χ4n) is 2.37. The molecular weight excluding hydrogens is 408 g/mol. The number of halogens is 2. The van der Waals surface area contributed by atoms with Crippen molar-refractivity contribution in [3.8, 4) is 0 Å². The van der Waals surface area contributed by atoms with Crippen molar-refractivity contribution in [1.29, 1.82) is 0 Å². The van der Waals surface area contributed by atoms with Crippen LogP contribution in [-0.4, -0.2) is 19.3 Å². The van der Waals surface area contributed by atoms with Crippen LogP contribution >= 0.6 is 11.3 Å². The van der Waals surface area contributed by atoms with Gasteiger partial charge in [-0.3, -0.25) is 9.52 Å². The summed E-state index contributed by atoms with van der Waals surface area (Å²) in [5, 5.41) is 2.44. The van der Waals surface area contributed by atoms with Gasteiger partial charge >= 0.3 is 0 Å². The Kier molecular flexibility index (Phi) is 5.71. The second-order valence-corrected chi connectivity index (χ2v) is 8.42. The second kappa shape index (κ2) is 8.03. The quantitative estimate of drug-likeness (QED) is 0.636. The van der Waals surface area contributed by atoms with Crippen LogP contribution in [0.5, 0.6) is 0 Å². The van der Waals surface area contributed by atoms with Crippen molar-refractivity contribution in [3.05, 3.63) is 76.3 Å². The van der Waals surface area contributed by atoms with Gasteiger partial charge in [0.05, 0.1) is 10.6 Å². The largest absolute Gasteiger partial charge is 0.347 e. The molecule has 0 radical (unpaired) electrons. The summed E-state index contributed by atoms with van der Waals surface area (Å²) in [5.41, 5.74) is 0.0327. The summed E-state index contributed by atoms with van der Waals surface area (Å²) < 4.78 is 54.3. The Labute approximate surface area is 164 Å². The minimum absolute atomic E-state index is 0.0172. The number of thiazole rings is 1. The lowest BCUT2D eigenvalue weighted by atomic mass is 10.2. The topological polar surface area (TPSA) is 88.2 Å². The van der Waals surface area contributed by atoms with Crippen molar-refractivity contribution in [2.45, 2.75) is 18.4 Å². The van der Waals surface area contributed by atoms with Crippen molar-refractivity contribution in [2.75, 3.05) is 4.72 Å². The molecule has 1 amide bonds. The van der Waals surface area contributed by atoms with Gasteiger partial charge in [-0.2, -0.15) is 0 Å². The SMILES string of the molecule is Cc1nc(NS(=O)(=O)c2ccccc2)sc1C(=O)NCc1c(F)cccc1F. The van der Waals surface area contributed by atoms with Gasteiger partial charge in [0, 0.05) is 12.1 Å². The molecule has 0 aliphatic rings. The second-order valence-electron chi connectivity index (χ2n) is 5.73. The number of nitrogens with zero attached hydrogens (tertiary/aromatic N) is 1. The highest BCUT2D eigenvalue weighted by atomic mass is 32.2. The first-order valence-electron chi connectivity index (χ1n) is 8.04. The van der Waals surface area contributed by atoms with Gasteiger partial charge in [0.15, 0.2) is 5.13 Å². The first kappa shape index (κ1) is 19.9. The lowest BCUT2D eigenvalue weighted by Crippen LogP contribution is -2.23. The summed E-state index contributed by atoms with van der Waals surface area (Å²) >= 11 is 0.832. The molecule has 0 unspecified atom stereocenters. The highest BCUT2D eigenvalue weighted by Crippen LogP contribution is 2.25. The van der Waals surface area contributed by atoms with Crippen LogP contribution in [0.15, 0.2) is 53.4 Å². The number of sulfonamides is 1. The number of benzene rings is 2. The molecule has 0 aliphatic heterocycles. The van der Waals surface area contributed by atoms with Gasteiger partial charge in [-0.05, 0) is 31.2 Å². The molecule has 3 aromatic rings. The van der Waals surface area contributed by atoms with Crippen LogP contribution in [0.4, 0.5) is 13.9 Å². The lowest BCUT2D eigenvalue weighted by molar-refractivity contribution is 0.0953. The van der Waals surface area contributed by atoms with E-state index in [9.17, 15) is 22.0 Å². The highest BCUT2D eigenvalue weighted by molar-refractivity contribution is 7.93. The maximum absolute atomic E-state index is 13.7. The average Bonchev–Trinajstić information content (AvgIpc) is 3.01. The van der Waals surface area contributed by atoms with E-state index in [2.05, 4.69) is 15.0 Å². The minimum Gasteiger partial charge on any atom is -0.347 e. The van der Waals surface area contributed by atoms with Crippen molar-refractivity contribution < 1.29 is 22.0 Å². The monoisotopic (exact) mass is 423 g/mol. The number of aryl methyl sites for hydroxylation is 1. The molecule has 28 heavy (non-hydrogen) atoms. The molecule has 146 valence electrons. The smallest absolute Gasteiger partial charge is 0.263 e. The van der Waals surface area contributed by atoms with Gasteiger partial charge in [0.1, 0.15) is 16.5 Å². The summed E-state index contributed by atoms with van der Waals surface area (Å²) in [7, 11) is -3.84. The van der Waals surface area contributed by atoms with Crippen LogP contribution in [0.2, 0.25) is 0 Å². The number of nitrogens with one attached hydrogen (secondary N) is 2. The average molecular weight is 423 g/mol. The van der Waals surface area contributed by atoms with E-state index in [4.69, 9.17) is 0 Å². The number of hydrogen-bond acceptors (Lipinski definition) is 5. The molecule has 2 aromatic carbocycles. The Bertz CT molecular complexity index is 1100. The molecule has 0 saturated carbocycles.